The molecule has 0 saturated heterocycles. The van der Waals surface area contributed by atoms with Gasteiger partial charge in [-0.15, -0.1) is 4.68 Å². The summed E-state index contributed by atoms with van der Waals surface area (Å²) in [6.07, 6.45) is -16.3. The minimum Gasteiger partial charge on any atom is -0.595 e. The van der Waals surface area contributed by atoms with Gasteiger partial charge in [0.05, 0.1) is 10.9 Å². The van der Waals surface area contributed by atoms with Gasteiger partial charge in [0.25, 0.3) is 17.6 Å². The fraction of sp³-hybridized carbons (Fsp3) is 0.160. The molecule has 0 amide bonds. The molecule has 0 aliphatic rings. The standard InChI is InChI=1S/C25H16F6N2O4/c26-24(27,28)23(25(29,30)31)37-22(35)17-11-5-4-10-16(17)21(34)20-18-12-6-7-13-19(18)32(33(20)36)14-15-8-2-1-3-9-15/h1-13,23H,14H2. The second kappa shape index (κ2) is 9.60. The molecule has 192 valence electrons. The highest BCUT2D eigenvalue weighted by Crippen LogP contribution is 2.36. The Morgan fingerprint density at radius 2 is 1.35 bits per heavy atom. The lowest BCUT2D eigenvalue weighted by Gasteiger charge is -2.23. The molecule has 37 heavy (non-hydrogen) atoms. The summed E-state index contributed by atoms with van der Waals surface area (Å²) >= 11 is 0. The van der Waals surface area contributed by atoms with Crippen LogP contribution in [0.2, 0.25) is 0 Å². The predicted molar refractivity (Wildman–Crippen MR) is 118 cm³/mol. The molecule has 0 radical (unpaired) electrons. The number of ether oxygens (including phenoxy) is 1. The van der Waals surface area contributed by atoms with Crippen LogP contribution in [-0.4, -0.2) is 34.9 Å². The molecule has 1 heterocycles. The molecule has 0 unspecified atom stereocenters. The Morgan fingerprint density at radius 1 is 0.811 bits per heavy atom. The average Bonchev–Trinajstić information content (AvgIpc) is 3.12. The lowest BCUT2D eigenvalue weighted by atomic mass is 10.00. The number of benzene rings is 3. The molecular formula is C25H16F6N2O4. The second-order valence-corrected chi connectivity index (χ2v) is 7.93. The number of rotatable bonds is 6. The van der Waals surface area contributed by atoms with Gasteiger partial charge in [-0.25, -0.2) is 4.79 Å². The number of halogens is 6. The first-order valence-electron chi connectivity index (χ1n) is 10.6. The van der Waals surface area contributed by atoms with E-state index in [0.29, 0.717) is 5.52 Å². The zero-order chi connectivity index (χ0) is 27.0. The van der Waals surface area contributed by atoms with Crippen LogP contribution in [0.25, 0.3) is 10.9 Å². The molecule has 4 aromatic rings. The Hall–Kier alpha value is -4.35. The van der Waals surface area contributed by atoms with Gasteiger partial charge in [0.2, 0.25) is 0 Å². The summed E-state index contributed by atoms with van der Waals surface area (Å²) in [6, 6.07) is 19.2. The zero-order valence-electron chi connectivity index (χ0n) is 18.6. The lowest BCUT2D eigenvalue weighted by Crippen LogP contribution is -2.45. The van der Waals surface area contributed by atoms with Crippen molar-refractivity contribution in [3.63, 3.8) is 0 Å². The molecule has 0 bridgehead atoms. The second-order valence-electron chi connectivity index (χ2n) is 7.93. The van der Waals surface area contributed by atoms with Crippen LogP contribution < -0.4 is 4.85 Å². The van der Waals surface area contributed by atoms with Gasteiger partial charge in [-0.1, -0.05) is 59.4 Å². The molecule has 0 fully saturated rings. The maximum absolute atomic E-state index is 13.5. The number of alkyl halides is 6. The minimum absolute atomic E-state index is 0.0562. The van der Waals surface area contributed by atoms with Gasteiger partial charge in [0.1, 0.15) is 12.1 Å². The van der Waals surface area contributed by atoms with Gasteiger partial charge < -0.3 is 9.94 Å². The molecule has 4 rings (SSSR count). The Balaban J connectivity index is 1.78. The summed E-state index contributed by atoms with van der Waals surface area (Å²) in [7, 11) is 0. The number of fused-ring (bicyclic) bond motifs is 1. The van der Waals surface area contributed by atoms with E-state index in [4.69, 9.17) is 0 Å². The molecule has 0 aliphatic heterocycles. The predicted octanol–water partition coefficient (Wildman–Crippen LogP) is 5.20. The molecule has 6 nitrogen and oxygen atoms in total. The molecule has 0 saturated carbocycles. The van der Waals surface area contributed by atoms with Crippen molar-refractivity contribution in [3.8, 4) is 0 Å². The van der Waals surface area contributed by atoms with Crippen LogP contribution in [0.15, 0.2) is 78.9 Å². The Kier molecular flexibility index (Phi) is 6.68. The Bertz CT molecular complexity index is 1450. The maximum Gasteiger partial charge on any atom is 0.434 e. The van der Waals surface area contributed by atoms with E-state index in [2.05, 4.69) is 4.74 Å². The molecule has 1 aromatic heterocycles. The zero-order valence-corrected chi connectivity index (χ0v) is 18.6. The van der Waals surface area contributed by atoms with Crippen LogP contribution >= 0.6 is 0 Å². The number of aromatic nitrogens is 2. The quantitative estimate of drug-likeness (QED) is 0.115. The van der Waals surface area contributed by atoms with Crippen molar-refractivity contribution in [1.82, 2.24) is 4.68 Å². The number of ketones is 1. The monoisotopic (exact) mass is 522 g/mol. The van der Waals surface area contributed by atoms with E-state index >= 15 is 0 Å². The van der Waals surface area contributed by atoms with E-state index in [0.717, 1.165) is 23.8 Å². The number of carbonyl (C=O) groups is 2. The summed E-state index contributed by atoms with van der Waals surface area (Å²) in [4.78, 5) is 26.2. The maximum atomic E-state index is 13.5. The van der Waals surface area contributed by atoms with Gasteiger partial charge in [-0.05, 0) is 29.8 Å². The molecule has 12 heteroatoms. The van der Waals surface area contributed by atoms with Gasteiger partial charge >= 0.3 is 18.3 Å². The van der Waals surface area contributed by atoms with E-state index in [1.807, 2.05) is 0 Å². The van der Waals surface area contributed by atoms with Crippen molar-refractivity contribution >= 4 is 22.7 Å². The van der Waals surface area contributed by atoms with Crippen LogP contribution in [-0.2, 0) is 11.3 Å². The fourth-order valence-corrected chi connectivity index (χ4v) is 3.81. The van der Waals surface area contributed by atoms with Crippen LogP contribution in [0.5, 0.6) is 0 Å². The highest BCUT2D eigenvalue weighted by Gasteiger charge is 2.60. The molecule has 0 N–H and O–H groups in total. The molecular weight excluding hydrogens is 506 g/mol. The van der Waals surface area contributed by atoms with Crippen LogP contribution in [0.4, 0.5) is 26.3 Å². The average molecular weight is 522 g/mol. The topological polar surface area (TPSA) is 75.2 Å². The number of esters is 1. The summed E-state index contributed by atoms with van der Waals surface area (Å²) < 4.78 is 82.5. The molecule has 0 atom stereocenters. The van der Waals surface area contributed by atoms with E-state index in [1.54, 1.807) is 48.5 Å². The lowest BCUT2D eigenvalue weighted by molar-refractivity contribution is -0.692. The van der Waals surface area contributed by atoms with E-state index < -0.39 is 47.0 Å². The minimum atomic E-state index is -5.93. The van der Waals surface area contributed by atoms with Crippen LogP contribution in [0, 0.1) is 5.21 Å². The first-order valence-corrected chi connectivity index (χ1v) is 10.6. The van der Waals surface area contributed by atoms with Crippen LogP contribution in [0.3, 0.4) is 0 Å². The first kappa shape index (κ1) is 25.7. The van der Waals surface area contributed by atoms with Crippen molar-refractivity contribution in [3.05, 3.63) is 106 Å². The molecule has 0 spiro atoms. The van der Waals surface area contributed by atoms with Gasteiger partial charge in [-0.3, -0.25) is 4.79 Å². The smallest absolute Gasteiger partial charge is 0.434 e. The number of carbonyl (C=O) groups excluding carboxylic acids is 2. The van der Waals surface area contributed by atoms with Gasteiger partial charge in [-0.2, -0.15) is 26.3 Å². The number of hydrogen-bond donors (Lipinski definition) is 0. The van der Waals surface area contributed by atoms with Gasteiger partial charge in [0, 0.05) is 5.56 Å². The molecule has 3 aromatic carbocycles. The molecule has 0 aliphatic carbocycles. The number of para-hydroxylation sites is 1. The largest absolute Gasteiger partial charge is 0.595 e. The summed E-state index contributed by atoms with van der Waals surface area (Å²) in [6.45, 7) is 0.0562. The SMILES string of the molecule is O=C(OC(C(F)(F)F)C(F)(F)F)c1ccccc1C(=O)c1c2ccccc2n(Cc2ccccc2)[n+]1[O-]. The summed E-state index contributed by atoms with van der Waals surface area (Å²) in [5.41, 5.74) is -0.844. The van der Waals surface area contributed by atoms with Crippen molar-refractivity contribution in [2.45, 2.75) is 25.0 Å². The van der Waals surface area contributed by atoms with E-state index in [-0.39, 0.29) is 16.8 Å². The number of nitrogens with zero attached hydrogens (tertiary/aromatic N) is 2. The highest BCUT2D eigenvalue weighted by molar-refractivity contribution is 6.17. The highest BCUT2D eigenvalue weighted by atomic mass is 19.4. The third-order valence-corrected chi connectivity index (χ3v) is 5.45. The van der Waals surface area contributed by atoms with Crippen LogP contribution in [0.1, 0.15) is 32.0 Å². The van der Waals surface area contributed by atoms with E-state index in [1.165, 1.54) is 16.8 Å². The summed E-state index contributed by atoms with van der Waals surface area (Å²) in [5.74, 6) is -3.10. The van der Waals surface area contributed by atoms with Crippen molar-refractivity contribution in [1.29, 1.82) is 0 Å². The van der Waals surface area contributed by atoms with Gasteiger partial charge in [0.15, 0.2) is 0 Å². The Labute approximate surface area is 204 Å². The fourth-order valence-electron chi connectivity index (χ4n) is 3.81. The summed E-state index contributed by atoms with van der Waals surface area (Å²) in [5, 5.41) is 13.4. The third kappa shape index (κ3) is 5.13. The van der Waals surface area contributed by atoms with E-state index in [9.17, 15) is 41.1 Å². The Morgan fingerprint density at radius 3 is 1.97 bits per heavy atom. The first-order chi connectivity index (χ1) is 17.4. The third-order valence-electron chi connectivity index (χ3n) is 5.45. The normalized spacial score (nSPS) is 12.2. The van der Waals surface area contributed by atoms with Crippen molar-refractivity contribution in [2.24, 2.45) is 0 Å². The van der Waals surface area contributed by atoms with Crippen molar-refractivity contribution in [2.75, 3.05) is 0 Å². The van der Waals surface area contributed by atoms with Crippen molar-refractivity contribution < 1.29 is 45.5 Å². The number of hydrogen-bond acceptors (Lipinski definition) is 4.